The van der Waals surface area contributed by atoms with Crippen molar-refractivity contribution in [2.75, 3.05) is 20.0 Å². The van der Waals surface area contributed by atoms with Gasteiger partial charge in [0.2, 0.25) is 0 Å². The van der Waals surface area contributed by atoms with Gasteiger partial charge < -0.3 is 14.6 Å². The van der Waals surface area contributed by atoms with Gasteiger partial charge in [0, 0.05) is 5.75 Å². The summed E-state index contributed by atoms with van der Waals surface area (Å²) < 4.78 is 9.76. The van der Waals surface area contributed by atoms with E-state index in [1.54, 1.807) is 23.9 Å². The Balaban J connectivity index is 2.12. The summed E-state index contributed by atoms with van der Waals surface area (Å²) in [5.41, 5.74) is 0.959. The first-order valence-corrected chi connectivity index (χ1v) is 6.53. The van der Waals surface area contributed by atoms with Crippen molar-refractivity contribution in [2.24, 2.45) is 0 Å². The Morgan fingerprint density at radius 2 is 2.28 bits per heavy atom. The van der Waals surface area contributed by atoms with Crippen LogP contribution in [0.25, 0.3) is 0 Å². The number of carbonyl (C=O) groups is 1. The van der Waals surface area contributed by atoms with Gasteiger partial charge in [-0.3, -0.25) is 10.1 Å². The van der Waals surface area contributed by atoms with Crippen LogP contribution < -0.4 is 10.1 Å². The van der Waals surface area contributed by atoms with Crippen molar-refractivity contribution in [3.63, 3.8) is 0 Å². The molecule has 2 unspecified atom stereocenters. The third-order valence-electron chi connectivity index (χ3n) is 2.77. The zero-order valence-electron chi connectivity index (χ0n) is 10.2. The van der Waals surface area contributed by atoms with Gasteiger partial charge in [0.1, 0.15) is 6.04 Å². The Morgan fingerprint density at radius 1 is 1.50 bits per heavy atom. The van der Waals surface area contributed by atoms with Gasteiger partial charge in [-0.05, 0) is 17.7 Å². The molecule has 0 bridgehead atoms. The second kappa shape index (κ2) is 5.49. The molecule has 2 rings (SSSR count). The largest absolute Gasteiger partial charge is 0.504 e. The van der Waals surface area contributed by atoms with E-state index in [4.69, 9.17) is 9.47 Å². The van der Waals surface area contributed by atoms with E-state index in [1.807, 2.05) is 6.07 Å². The van der Waals surface area contributed by atoms with E-state index < -0.39 is 0 Å². The number of benzene rings is 1. The summed E-state index contributed by atoms with van der Waals surface area (Å²) in [6.45, 7) is 0. The highest BCUT2D eigenvalue weighted by Gasteiger charge is 2.31. The quantitative estimate of drug-likeness (QED) is 0.806. The van der Waals surface area contributed by atoms with Gasteiger partial charge in [-0.15, -0.1) is 11.8 Å². The molecule has 2 N–H and O–H groups in total. The van der Waals surface area contributed by atoms with E-state index in [-0.39, 0.29) is 23.1 Å². The van der Waals surface area contributed by atoms with Crippen LogP contribution in [0.15, 0.2) is 18.2 Å². The normalized spacial score (nSPS) is 22.8. The van der Waals surface area contributed by atoms with Crippen molar-refractivity contribution >= 4 is 17.7 Å². The molecule has 18 heavy (non-hydrogen) atoms. The zero-order valence-corrected chi connectivity index (χ0v) is 11.0. The summed E-state index contributed by atoms with van der Waals surface area (Å²) in [5, 5.41) is 12.7. The average molecular weight is 269 g/mol. The number of hydrogen-bond donors (Lipinski definition) is 2. The van der Waals surface area contributed by atoms with E-state index in [1.165, 1.54) is 14.2 Å². The molecule has 0 saturated carbocycles. The van der Waals surface area contributed by atoms with E-state index in [0.29, 0.717) is 11.5 Å². The Hall–Kier alpha value is -1.40. The van der Waals surface area contributed by atoms with Crippen molar-refractivity contribution in [2.45, 2.75) is 11.4 Å². The molecular formula is C12H15NO4S. The number of rotatable bonds is 3. The van der Waals surface area contributed by atoms with E-state index >= 15 is 0 Å². The molecule has 0 aliphatic carbocycles. The maximum atomic E-state index is 11.4. The van der Waals surface area contributed by atoms with Crippen molar-refractivity contribution in [3.05, 3.63) is 23.8 Å². The molecule has 2 atom stereocenters. The summed E-state index contributed by atoms with van der Waals surface area (Å²) in [6, 6.07) is 4.87. The van der Waals surface area contributed by atoms with Crippen LogP contribution in [0.2, 0.25) is 0 Å². The van der Waals surface area contributed by atoms with Crippen LogP contribution in [0.1, 0.15) is 10.9 Å². The van der Waals surface area contributed by atoms with Crippen molar-refractivity contribution in [3.8, 4) is 11.5 Å². The minimum absolute atomic E-state index is 0.00333. The molecule has 0 amide bonds. The van der Waals surface area contributed by atoms with Crippen LogP contribution in [-0.2, 0) is 9.53 Å². The lowest BCUT2D eigenvalue weighted by Crippen LogP contribution is -2.34. The van der Waals surface area contributed by atoms with Gasteiger partial charge in [0.25, 0.3) is 0 Å². The topological polar surface area (TPSA) is 67.8 Å². The smallest absolute Gasteiger partial charge is 0.323 e. The Bertz CT molecular complexity index is 452. The molecule has 0 radical (unpaired) electrons. The number of ether oxygens (including phenoxy) is 2. The lowest BCUT2D eigenvalue weighted by Gasteiger charge is -2.13. The minimum Gasteiger partial charge on any atom is -0.504 e. The minimum atomic E-state index is -0.287. The monoisotopic (exact) mass is 269 g/mol. The van der Waals surface area contributed by atoms with Crippen LogP contribution >= 0.6 is 11.8 Å². The van der Waals surface area contributed by atoms with Crippen LogP contribution in [0.5, 0.6) is 11.5 Å². The van der Waals surface area contributed by atoms with E-state index in [2.05, 4.69) is 5.32 Å². The molecule has 5 nitrogen and oxygen atoms in total. The third kappa shape index (κ3) is 2.54. The van der Waals surface area contributed by atoms with Crippen LogP contribution in [0.4, 0.5) is 0 Å². The van der Waals surface area contributed by atoms with Crippen LogP contribution in [0, 0.1) is 0 Å². The zero-order chi connectivity index (χ0) is 13.1. The van der Waals surface area contributed by atoms with E-state index in [9.17, 15) is 9.90 Å². The molecule has 1 aromatic carbocycles. The van der Waals surface area contributed by atoms with Gasteiger partial charge in [-0.25, -0.2) is 0 Å². The van der Waals surface area contributed by atoms with Crippen LogP contribution in [-0.4, -0.2) is 37.1 Å². The first kappa shape index (κ1) is 13.0. The summed E-state index contributed by atoms with van der Waals surface area (Å²) >= 11 is 1.62. The van der Waals surface area contributed by atoms with Gasteiger partial charge in [0.05, 0.1) is 19.6 Å². The highest BCUT2D eigenvalue weighted by atomic mass is 32.2. The molecule has 1 aliphatic heterocycles. The highest BCUT2D eigenvalue weighted by molar-refractivity contribution is 7.99. The summed E-state index contributed by atoms with van der Waals surface area (Å²) in [6.07, 6.45) is 0. The molecule has 6 heteroatoms. The maximum absolute atomic E-state index is 11.4. The highest BCUT2D eigenvalue weighted by Crippen LogP contribution is 2.37. The first-order chi connectivity index (χ1) is 8.65. The third-order valence-corrected chi connectivity index (χ3v) is 4.04. The predicted molar refractivity (Wildman–Crippen MR) is 68.8 cm³/mol. The molecule has 1 aromatic rings. The fraction of sp³-hybridized carbons (Fsp3) is 0.417. The lowest BCUT2D eigenvalue weighted by atomic mass is 10.2. The summed E-state index contributed by atoms with van der Waals surface area (Å²) in [4.78, 5) is 11.4. The number of hydrogen-bond acceptors (Lipinski definition) is 6. The second-order valence-corrected chi connectivity index (χ2v) is 5.03. The number of phenolic OH excluding ortho intramolecular Hbond substituents is 1. The first-order valence-electron chi connectivity index (χ1n) is 5.48. The average Bonchev–Trinajstić information content (AvgIpc) is 2.88. The summed E-state index contributed by atoms with van der Waals surface area (Å²) in [5.74, 6) is 0.946. The number of phenols is 1. The van der Waals surface area contributed by atoms with Crippen molar-refractivity contribution < 1.29 is 19.4 Å². The molecule has 1 fully saturated rings. The molecule has 0 aromatic heterocycles. The summed E-state index contributed by atoms with van der Waals surface area (Å²) in [7, 11) is 2.89. The Kier molecular flexibility index (Phi) is 3.98. The number of nitrogens with one attached hydrogen (secondary N) is 1. The number of esters is 1. The number of thioether (sulfide) groups is 1. The van der Waals surface area contributed by atoms with Gasteiger partial charge in [-0.1, -0.05) is 6.07 Å². The van der Waals surface area contributed by atoms with Crippen molar-refractivity contribution in [1.82, 2.24) is 5.32 Å². The van der Waals surface area contributed by atoms with Gasteiger partial charge >= 0.3 is 5.97 Å². The SMILES string of the molecule is COC(=O)C1CSC(c2ccc(O)c(OC)c2)N1. The van der Waals surface area contributed by atoms with E-state index in [0.717, 1.165) is 5.56 Å². The second-order valence-electron chi connectivity index (χ2n) is 3.89. The molecular weight excluding hydrogens is 254 g/mol. The van der Waals surface area contributed by atoms with Crippen molar-refractivity contribution in [1.29, 1.82) is 0 Å². The fourth-order valence-corrected chi connectivity index (χ4v) is 3.02. The van der Waals surface area contributed by atoms with Gasteiger partial charge in [0.15, 0.2) is 11.5 Å². The molecule has 1 saturated heterocycles. The Labute approximate surface area is 109 Å². The molecule has 0 spiro atoms. The lowest BCUT2D eigenvalue weighted by molar-refractivity contribution is -0.142. The number of carbonyl (C=O) groups excluding carboxylic acids is 1. The fourth-order valence-electron chi connectivity index (χ4n) is 1.80. The number of aromatic hydroxyl groups is 1. The van der Waals surface area contributed by atoms with Crippen LogP contribution in [0.3, 0.4) is 0 Å². The van der Waals surface area contributed by atoms with Gasteiger partial charge in [-0.2, -0.15) is 0 Å². The number of methoxy groups -OCH3 is 2. The molecule has 1 heterocycles. The molecule has 1 aliphatic rings. The maximum Gasteiger partial charge on any atom is 0.323 e. The Morgan fingerprint density at radius 3 is 2.94 bits per heavy atom. The predicted octanol–water partition coefficient (Wildman–Crippen LogP) is 1.28. The molecule has 98 valence electrons. The standard InChI is InChI=1S/C12H15NO4S/c1-16-10-5-7(3-4-9(10)14)11-13-8(6-18-11)12(15)17-2/h3-5,8,11,13-14H,6H2,1-2H3.